The number of nitrogens with one attached hydrogen (secondary N) is 1. The normalized spacial score (nSPS) is 19.3. The molecule has 1 saturated heterocycles. The average Bonchev–Trinajstić information content (AvgIpc) is 2.36. The molecule has 0 saturated carbocycles. The van der Waals surface area contributed by atoms with E-state index in [9.17, 15) is 9.59 Å². The second kappa shape index (κ2) is 5.84. The Morgan fingerprint density at radius 2 is 1.94 bits per heavy atom. The van der Waals surface area contributed by atoms with Gasteiger partial charge in [-0.1, -0.05) is 0 Å². The molecule has 1 heterocycles. The molecule has 1 atom stereocenters. The highest BCUT2D eigenvalue weighted by atomic mass is 16.5. The lowest BCUT2D eigenvalue weighted by atomic mass is 9.96. The summed E-state index contributed by atoms with van der Waals surface area (Å²) in [7, 11) is 3.17. The van der Waals surface area contributed by atoms with Crippen molar-refractivity contribution in [2.24, 2.45) is 5.92 Å². The maximum absolute atomic E-state index is 11.8. The van der Waals surface area contributed by atoms with Crippen molar-refractivity contribution in [3.63, 3.8) is 0 Å². The highest BCUT2D eigenvalue weighted by Crippen LogP contribution is 2.18. The van der Waals surface area contributed by atoms with Crippen LogP contribution in [0.25, 0.3) is 0 Å². The molecule has 1 unspecified atom stereocenters. The third kappa shape index (κ3) is 2.95. The second-order valence-electron chi connectivity index (χ2n) is 4.09. The molecule has 0 spiro atoms. The van der Waals surface area contributed by atoms with E-state index in [1.54, 1.807) is 18.9 Å². The first-order chi connectivity index (χ1) is 7.60. The summed E-state index contributed by atoms with van der Waals surface area (Å²) < 4.78 is 4.99. The van der Waals surface area contributed by atoms with Gasteiger partial charge in [0.25, 0.3) is 5.91 Å². The van der Waals surface area contributed by atoms with Crippen molar-refractivity contribution in [1.29, 1.82) is 0 Å². The van der Waals surface area contributed by atoms with Crippen LogP contribution in [-0.2, 0) is 14.3 Å². The van der Waals surface area contributed by atoms with Crippen molar-refractivity contribution in [3.8, 4) is 0 Å². The first-order valence-electron chi connectivity index (χ1n) is 5.63. The van der Waals surface area contributed by atoms with E-state index in [-0.39, 0.29) is 17.7 Å². The first-order valence-corrected chi connectivity index (χ1v) is 5.63. The number of hydrogen-bond acceptors (Lipinski definition) is 3. The Labute approximate surface area is 96.1 Å². The van der Waals surface area contributed by atoms with Gasteiger partial charge in [-0.2, -0.15) is 0 Å². The van der Waals surface area contributed by atoms with Crippen LogP contribution in [0.1, 0.15) is 19.8 Å². The fourth-order valence-corrected chi connectivity index (χ4v) is 1.92. The van der Waals surface area contributed by atoms with E-state index in [2.05, 4.69) is 5.32 Å². The van der Waals surface area contributed by atoms with Gasteiger partial charge in [0.15, 0.2) is 0 Å². The molecule has 1 fully saturated rings. The predicted octanol–water partition coefficient (Wildman–Crippen LogP) is 0.00590. The lowest BCUT2D eigenvalue weighted by Crippen LogP contribution is -2.45. The van der Waals surface area contributed by atoms with Gasteiger partial charge in [0.2, 0.25) is 5.91 Å². The second-order valence-corrected chi connectivity index (χ2v) is 4.09. The fraction of sp³-hybridized carbons (Fsp3) is 0.818. The maximum atomic E-state index is 11.8. The summed E-state index contributed by atoms with van der Waals surface area (Å²) in [6, 6.07) is 0. The van der Waals surface area contributed by atoms with E-state index in [1.165, 1.54) is 7.11 Å². The van der Waals surface area contributed by atoms with E-state index in [1.807, 2.05) is 0 Å². The van der Waals surface area contributed by atoms with Crippen LogP contribution in [0.3, 0.4) is 0 Å². The molecule has 0 aliphatic carbocycles. The smallest absolute Gasteiger partial charge is 0.251 e. The van der Waals surface area contributed by atoms with Crippen LogP contribution >= 0.6 is 0 Å². The number of nitrogens with zero attached hydrogens (tertiary/aromatic N) is 1. The maximum Gasteiger partial charge on any atom is 0.251 e. The number of likely N-dealkylation sites (tertiary alicyclic amines) is 1. The zero-order chi connectivity index (χ0) is 12.1. The summed E-state index contributed by atoms with van der Waals surface area (Å²) in [5, 5.41) is 2.65. The minimum atomic E-state index is -0.392. The van der Waals surface area contributed by atoms with Crippen molar-refractivity contribution >= 4 is 11.8 Å². The number of amides is 2. The van der Waals surface area contributed by atoms with E-state index < -0.39 is 6.10 Å². The van der Waals surface area contributed by atoms with Crippen LogP contribution in [0.4, 0.5) is 0 Å². The van der Waals surface area contributed by atoms with Crippen LogP contribution in [0.5, 0.6) is 0 Å². The number of hydrogen-bond donors (Lipinski definition) is 1. The van der Waals surface area contributed by atoms with E-state index in [0.717, 1.165) is 12.8 Å². The molecule has 1 aliphatic rings. The third-order valence-electron chi connectivity index (χ3n) is 3.13. The van der Waals surface area contributed by atoms with Gasteiger partial charge in [-0.3, -0.25) is 9.59 Å². The summed E-state index contributed by atoms with van der Waals surface area (Å²) in [5.74, 6) is 0.136. The summed E-state index contributed by atoms with van der Waals surface area (Å²) in [4.78, 5) is 24.9. The summed E-state index contributed by atoms with van der Waals surface area (Å²) in [6.07, 6.45) is 1.08. The molecule has 5 heteroatoms. The number of methoxy groups -OCH3 is 1. The molecular weight excluding hydrogens is 208 g/mol. The van der Waals surface area contributed by atoms with E-state index in [0.29, 0.717) is 13.1 Å². The van der Waals surface area contributed by atoms with Gasteiger partial charge in [-0.25, -0.2) is 0 Å². The van der Waals surface area contributed by atoms with Gasteiger partial charge < -0.3 is 15.0 Å². The van der Waals surface area contributed by atoms with Crippen LogP contribution in [0, 0.1) is 5.92 Å². The molecule has 1 N–H and O–H groups in total. The fourth-order valence-electron chi connectivity index (χ4n) is 1.92. The van der Waals surface area contributed by atoms with Gasteiger partial charge in [-0.05, 0) is 19.8 Å². The molecule has 1 rings (SSSR count). The summed E-state index contributed by atoms with van der Waals surface area (Å²) >= 11 is 0. The Balaban J connectivity index is 2.43. The van der Waals surface area contributed by atoms with E-state index >= 15 is 0 Å². The Bertz CT molecular complexity index is 260. The van der Waals surface area contributed by atoms with Crippen LogP contribution < -0.4 is 5.32 Å². The number of carbonyl (C=O) groups excluding carboxylic acids is 2. The third-order valence-corrected chi connectivity index (χ3v) is 3.13. The topological polar surface area (TPSA) is 58.6 Å². The molecule has 1 aliphatic heterocycles. The van der Waals surface area contributed by atoms with Crippen molar-refractivity contribution in [3.05, 3.63) is 0 Å². The van der Waals surface area contributed by atoms with Gasteiger partial charge in [0.1, 0.15) is 6.10 Å². The number of rotatable bonds is 3. The van der Waals surface area contributed by atoms with E-state index in [4.69, 9.17) is 4.74 Å². The molecule has 0 aromatic carbocycles. The van der Waals surface area contributed by atoms with Crippen molar-refractivity contribution in [1.82, 2.24) is 10.2 Å². The highest BCUT2D eigenvalue weighted by Gasteiger charge is 2.28. The largest absolute Gasteiger partial charge is 0.372 e. The van der Waals surface area contributed by atoms with Crippen molar-refractivity contribution in [2.45, 2.75) is 25.9 Å². The standard InChI is InChI=1S/C11H20N2O3/c1-8(16-3)11(15)13-6-4-9(5-7-13)10(14)12-2/h8-9H,4-7H2,1-3H3,(H,12,14). The summed E-state index contributed by atoms with van der Waals surface area (Å²) in [6.45, 7) is 3.03. The molecule has 0 radical (unpaired) electrons. The summed E-state index contributed by atoms with van der Waals surface area (Å²) in [5.41, 5.74) is 0. The van der Waals surface area contributed by atoms with Gasteiger partial charge in [0.05, 0.1) is 0 Å². The average molecular weight is 228 g/mol. The van der Waals surface area contributed by atoms with Gasteiger partial charge in [-0.15, -0.1) is 0 Å². The zero-order valence-corrected chi connectivity index (χ0v) is 10.2. The monoisotopic (exact) mass is 228 g/mol. The number of ether oxygens (including phenoxy) is 1. The molecule has 0 aromatic heterocycles. The first kappa shape index (κ1) is 13.0. The predicted molar refractivity (Wildman–Crippen MR) is 59.8 cm³/mol. The lowest BCUT2D eigenvalue weighted by molar-refractivity contribution is -0.143. The Hall–Kier alpha value is -1.10. The molecule has 16 heavy (non-hydrogen) atoms. The zero-order valence-electron chi connectivity index (χ0n) is 10.2. The minimum absolute atomic E-state index is 0.0119. The van der Waals surface area contributed by atoms with Crippen molar-refractivity contribution < 1.29 is 14.3 Å². The Morgan fingerprint density at radius 1 is 1.38 bits per heavy atom. The quantitative estimate of drug-likeness (QED) is 0.740. The Kier molecular flexibility index (Phi) is 4.73. The van der Waals surface area contributed by atoms with Crippen LogP contribution in [-0.4, -0.2) is 50.1 Å². The Morgan fingerprint density at radius 3 is 2.38 bits per heavy atom. The van der Waals surface area contributed by atoms with Gasteiger partial charge >= 0.3 is 0 Å². The molecule has 2 amide bonds. The lowest BCUT2D eigenvalue weighted by Gasteiger charge is -2.32. The molecule has 5 nitrogen and oxygen atoms in total. The molecule has 92 valence electrons. The molecule has 0 bridgehead atoms. The molecule has 0 aromatic rings. The minimum Gasteiger partial charge on any atom is -0.372 e. The molecular formula is C11H20N2O3. The SMILES string of the molecule is CNC(=O)C1CCN(C(=O)C(C)OC)CC1. The number of piperidine rings is 1. The highest BCUT2D eigenvalue weighted by molar-refractivity contribution is 5.82. The van der Waals surface area contributed by atoms with Gasteiger partial charge in [0, 0.05) is 33.2 Å². The van der Waals surface area contributed by atoms with Crippen LogP contribution in [0.15, 0.2) is 0 Å². The van der Waals surface area contributed by atoms with Crippen LogP contribution in [0.2, 0.25) is 0 Å². The van der Waals surface area contributed by atoms with Crippen molar-refractivity contribution in [2.75, 3.05) is 27.2 Å². The number of carbonyl (C=O) groups is 2.